The number of halogens is 1. The summed E-state index contributed by atoms with van der Waals surface area (Å²) in [6, 6.07) is 1.87. The molecule has 0 spiro atoms. The van der Waals surface area contributed by atoms with Gasteiger partial charge in [-0.15, -0.1) is 11.3 Å². The smallest absolute Gasteiger partial charge is 0.195 e. The zero-order valence-electron chi connectivity index (χ0n) is 9.24. The Morgan fingerprint density at radius 1 is 1.50 bits per heavy atom. The number of thiophene rings is 1. The molecule has 0 bridgehead atoms. The van der Waals surface area contributed by atoms with Crippen molar-refractivity contribution in [1.29, 1.82) is 0 Å². The maximum atomic E-state index is 6.11. The molecule has 1 N–H and O–H groups in total. The highest BCUT2D eigenvalue weighted by Gasteiger charge is 2.22. The number of nitrogens with one attached hydrogen (secondary N) is 1. The van der Waals surface area contributed by atoms with E-state index in [-0.39, 0.29) is 5.54 Å². The highest BCUT2D eigenvalue weighted by molar-refractivity contribution is 7.71. The van der Waals surface area contributed by atoms with Gasteiger partial charge in [-0.05, 0) is 44.4 Å². The third-order valence-electron chi connectivity index (χ3n) is 2.16. The van der Waals surface area contributed by atoms with Gasteiger partial charge < -0.3 is 0 Å². The normalized spacial score (nSPS) is 12.0. The van der Waals surface area contributed by atoms with Gasteiger partial charge in [-0.25, -0.2) is 0 Å². The first-order valence-corrected chi connectivity index (χ1v) is 6.49. The van der Waals surface area contributed by atoms with E-state index < -0.39 is 0 Å². The molecular weight excluding hydrogens is 262 g/mol. The summed E-state index contributed by atoms with van der Waals surface area (Å²) in [6.45, 7) is 6.26. The van der Waals surface area contributed by atoms with Crippen molar-refractivity contribution in [2.75, 3.05) is 0 Å². The summed E-state index contributed by atoms with van der Waals surface area (Å²) < 4.78 is 2.60. The molecule has 3 nitrogen and oxygen atoms in total. The molecule has 0 atom stereocenters. The van der Waals surface area contributed by atoms with E-state index in [0.29, 0.717) is 9.79 Å². The first-order valence-electron chi connectivity index (χ1n) is 4.82. The van der Waals surface area contributed by atoms with Crippen LogP contribution in [0.3, 0.4) is 0 Å². The standard InChI is InChI=1S/C10H12ClN3S2/c1-10(2,3)14-8(12-13-9(14)15)7-6(11)4-5-16-7/h4-5H,1-3H3,(H,13,15). The molecule has 0 aromatic carbocycles. The maximum absolute atomic E-state index is 6.11. The first kappa shape index (κ1) is 11.8. The van der Waals surface area contributed by atoms with Crippen molar-refractivity contribution in [2.45, 2.75) is 26.3 Å². The summed E-state index contributed by atoms with van der Waals surface area (Å²) in [6.07, 6.45) is 0. The number of hydrogen-bond acceptors (Lipinski definition) is 3. The van der Waals surface area contributed by atoms with Crippen LogP contribution >= 0.6 is 35.2 Å². The van der Waals surface area contributed by atoms with Crippen LogP contribution in [0.15, 0.2) is 11.4 Å². The second-order valence-corrected chi connectivity index (χ2v) is 6.17. The molecule has 0 saturated heterocycles. The van der Waals surface area contributed by atoms with Crippen LogP contribution in [0, 0.1) is 4.77 Å². The molecule has 2 heterocycles. The number of aromatic amines is 1. The van der Waals surface area contributed by atoms with E-state index in [1.54, 1.807) is 11.3 Å². The summed E-state index contributed by atoms with van der Waals surface area (Å²) in [5, 5.41) is 9.74. The molecule has 2 aromatic rings. The number of rotatable bonds is 1. The van der Waals surface area contributed by atoms with Crippen LogP contribution in [0.1, 0.15) is 20.8 Å². The van der Waals surface area contributed by atoms with Crippen molar-refractivity contribution in [3.05, 3.63) is 21.2 Å². The van der Waals surface area contributed by atoms with Gasteiger partial charge >= 0.3 is 0 Å². The van der Waals surface area contributed by atoms with Crippen molar-refractivity contribution < 1.29 is 0 Å². The van der Waals surface area contributed by atoms with Gasteiger partial charge in [0, 0.05) is 5.54 Å². The minimum Gasteiger partial charge on any atom is -0.294 e. The summed E-state index contributed by atoms with van der Waals surface area (Å²) in [7, 11) is 0. The second kappa shape index (κ2) is 3.98. The molecule has 2 aromatic heterocycles. The minimum atomic E-state index is -0.118. The molecule has 86 valence electrons. The quantitative estimate of drug-likeness (QED) is 0.795. The van der Waals surface area contributed by atoms with Gasteiger partial charge in [0.15, 0.2) is 10.6 Å². The molecule has 0 aliphatic rings. The third-order valence-corrected chi connectivity index (χ3v) is 3.77. The molecule has 6 heteroatoms. The van der Waals surface area contributed by atoms with Crippen LogP contribution in [0.5, 0.6) is 0 Å². The molecule has 0 aliphatic heterocycles. The Hall–Kier alpha value is -0.650. The maximum Gasteiger partial charge on any atom is 0.195 e. The van der Waals surface area contributed by atoms with Gasteiger partial charge in [0.25, 0.3) is 0 Å². The topological polar surface area (TPSA) is 33.6 Å². The van der Waals surface area contributed by atoms with Gasteiger partial charge in [0.05, 0.1) is 9.90 Å². The lowest BCUT2D eigenvalue weighted by Gasteiger charge is -2.22. The molecule has 0 amide bonds. The summed E-state index contributed by atoms with van der Waals surface area (Å²) in [5.74, 6) is 0.803. The predicted molar refractivity (Wildman–Crippen MR) is 70.7 cm³/mol. The fraction of sp³-hybridized carbons (Fsp3) is 0.400. The third kappa shape index (κ3) is 1.95. The largest absolute Gasteiger partial charge is 0.294 e. The van der Waals surface area contributed by atoms with E-state index in [1.165, 1.54) is 0 Å². The van der Waals surface area contributed by atoms with Crippen LogP contribution in [0.25, 0.3) is 10.7 Å². The average molecular weight is 274 g/mol. The molecular formula is C10H12ClN3S2. The SMILES string of the molecule is CC(C)(C)n1c(-c2sccc2Cl)n[nH]c1=S. The second-order valence-electron chi connectivity index (χ2n) is 4.46. The van der Waals surface area contributed by atoms with Crippen molar-refractivity contribution in [1.82, 2.24) is 14.8 Å². The zero-order chi connectivity index (χ0) is 11.9. The molecule has 0 saturated carbocycles. The molecule has 0 aliphatic carbocycles. The fourth-order valence-corrected chi connectivity index (χ4v) is 3.05. The number of hydrogen-bond donors (Lipinski definition) is 1. The Morgan fingerprint density at radius 2 is 2.19 bits per heavy atom. The van der Waals surface area contributed by atoms with Crippen molar-refractivity contribution in [3.8, 4) is 10.7 Å². The Bertz CT molecular complexity index is 559. The monoisotopic (exact) mass is 273 g/mol. The van der Waals surface area contributed by atoms with Crippen LogP contribution < -0.4 is 0 Å². The van der Waals surface area contributed by atoms with Gasteiger partial charge in [-0.2, -0.15) is 5.10 Å². The highest BCUT2D eigenvalue weighted by atomic mass is 35.5. The van der Waals surface area contributed by atoms with E-state index in [2.05, 4.69) is 31.0 Å². The average Bonchev–Trinajstić information content (AvgIpc) is 2.69. The van der Waals surface area contributed by atoms with Crippen LogP contribution in [-0.2, 0) is 5.54 Å². The van der Waals surface area contributed by atoms with E-state index in [4.69, 9.17) is 23.8 Å². The summed E-state index contributed by atoms with van der Waals surface area (Å²) in [4.78, 5) is 0.948. The lowest BCUT2D eigenvalue weighted by atomic mass is 10.1. The fourth-order valence-electron chi connectivity index (χ4n) is 1.52. The predicted octanol–water partition coefficient (Wildman–Crippen LogP) is 4.08. The van der Waals surface area contributed by atoms with Crippen molar-refractivity contribution >= 4 is 35.2 Å². The van der Waals surface area contributed by atoms with Crippen LogP contribution in [-0.4, -0.2) is 14.8 Å². The lowest BCUT2D eigenvalue weighted by Crippen LogP contribution is -2.22. The lowest BCUT2D eigenvalue weighted by molar-refractivity contribution is 0.396. The highest BCUT2D eigenvalue weighted by Crippen LogP contribution is 2.34. The molecule has 16 heavy (non-hydrogen) atoms. The zero-order valence-corrected chi connectivity index (χ0v) is 11.6. The van der Waals surface area contributed by atoms with Crippen LogP contribution in [0.4, 0.5) is 0 Å². The Kier molecular flexibility index (Phi) is 2.94. The Balaban J connectivity index is 2.69. The Morgan fingerprint density at radius 3 is 2.69 bits per heavy atom. The number of nitrogens with zero attached hydrogens (tertiary/aromatic N) is 2. The minimum absolute atomic E-state index is 0.118. The molecule has 0 fully saturated rings. The van der Waals surface area contributed by atoms with Crippen molar-refractivity contribution in [3.63, 3.8) is 0 Å². The van der Waals surface area contributed by atoms with Crippen molar-refractivity contribution in [2.24, 2.45) is 0 Å². The summed E-state index contributed by atoms with van der Waals surface area (Å²) >= 11 is 12.9. The molecule has 0 radical (unpaired) electrons. The van der Waals surface area contributed by atoms with Crippen LogP contribution in [0.2, 0.25) is 5.02 Å². The van der Waals surface area contributed by atoms with Gasteiger partial charge in [0.2, 0.25) is 0 Å². The van der Waals surface area contributed by atoms with Gasteiger partial charge in [-0.1, -0.05) is 11.6 Å². The van der Waals surface area contributed by atoms with Gasteiger partial charge in [0.1, 0.15) is 0 Å². The summed E-state index contributed by atoms with van der Waals surface area (Å²) in [5.41, 5.74) is -0.118. The first-order chi connectivity index (χ1) is 7.41. The molecule has 0 unspecified atom stereocenters. The van der Waals surface area contributed by atoms with E-state index in [9.17, 15) is 0 Å². The molecule has 2 rings (SSSR count). The van der Waals surface area contributed by atoms with E-state index in [1.807, 2.05) is 16.0 Å². The van der Waals surface area contributed by atoms with E-state index >= 15 is 0 Å². The van der Waals surface area contributed by atoms with E-state index in [0.717, 1.165) is 10.7 Å². The van der Waals surface area contributed by atoms with Gasteiger partial charge in [-0.3, -0.25) is 9.67 Å². The number of aromatic nitrogens is 3. The number of H-pyrrole nitrogens is 1. The Labute approximate surface area is 108 Å².